The Balaban J connectivity index is 2.14. The molecule has 82 valence electrons. The zero-order chi connectivity index (χ0) is 10.7. The Kier molecular flexibility index (Phi) is 3.42. The van der Waals surface area contributed by atoms with Crippen LogP contribution in [0.4, 0.5) is 0 Å². The summed E-state index contributed by atoms with van der Waals surface area (Å²) in [5.41, 5.74) is 1.41. The van der Waals surface area contributed by atoms with Crippen LogP contribution in [0.2, 0.25) is 0 Å². The summed E-state index contributed by atoms with van der Waals surface area (Å²) < 4.78 is 0. The molecule has 1 saturated carbocycles. The second-order valence-electron chi connectivity index (χ2n) is 4.88. The van der Waals surface area contributed by atoms with Crippen molar-refractivity contribution in [2.75, 3.05) is 6.61 Å². The van der Waals surface area contributed by atoms with Gasteiger partial charge in [-0.15, -0.1) is 0 Å². The molecular weight excluding hydrogens is 184 g/mol. The van der Waals surface area contributed by atoms with Gasteiger partial charge in [-0.1, -0.05) is 43.7 Å². The van der Waals surface area contributed by atoms with E-state index in [9.17, 15) is 5.11 Å². The van der Waals surface area contributed by atoms with E-state index in [0.717, 1.165) is 5.92 Å². The van der Waals surface area contributed by atoms with Crippen LogP contribution in [0, 0.1) is 11.8 Å². The van der Waals surface area contributed by atoms with Crippen molar-refractivity contribution in [3.8, 4) is 0 Å². The molecule has 1 N–H and O–H groups in total. The van der Waals surface area contributed by atoms with Crippen LogP contribution in [0.1, 0.15) is 37.7 Å². The molecule has 1 aromatic rings. The highest BCUT2D eigenvalue weighted by Gasteiger charge is 2.28. The lowest BCUT2D eigenvalue weighted by Gasteiger charge is -2.34. The predicted molar refractivity (Wildman–Crippen MR) is 62.8 cm³/mol. The minimum absolute atomic E-state index is 0.337. The fourth-order valence-corrected chi connectivity index (χ4v) is 2.84. The summed E-state index contributed by atoms with van der Waals surface area (Å²) in [7, 11) is 0. The third-order valence-electron chi connectivity index (χ3n) is 3.71. The zero-order valence-electron chi connectivity index (χ0n) is 9.39. The van der Waals surface area contributed by atoms with Crippen molar-refractivity contribution in [3.05, 3.63) is 35.9 Å². The third kappa shape index (κ3) is 2.40. The van der Waals surface area contributed by atoms with Gasteiger partial charge in [-0.05, 0) is 36.2 Å². The summed E-state index contributed by atoms with van der Waals surface area (Å²) in [6.07, 6.45) is 3.71. The first-order valence-corrected chi connectivity index (χ1v) is 5.97. The van der Waals surface area contributed by atoms with E-state index in [4.69, 9.17) is 0 Å². The normalized spacial score (nSPS) is 31.5. The van der Waals surface area contributed by atoms with Gasteiger partial charge >= 0.3 is 0 Å². The molecule has 1 nitrogen and oxygen atoms in total. The molecule has 0 saturated heterocycles. The summed E-state index contributed by atoms with van der Waals surface area (Å²) >= 11 is 0. The first-order chi connectivity index (χ1) is 7.31. The lowest BCUT2D eigenvalue weighted by atomic mass is 9.72. The Morgan fingerprint density at radius 1 is 1.20 bits per heavy atom. The Hall–Kier alpha value is -0.820. The minimum Gasteiger partial charge on any atom is -0.396 e. The molecule has 0 spiro atoms. The fourth-order valence-electron chi connectivity index (χ4n) is 2.84. The van der Waals surface area contributed by atoms with E-state index in [2.05, 4.69) is 37.3 Å². The molecule has 0 aromatic heterocycles. The molecule has 3 atom stereocenters. The maximum Gasteiger partial charge on any atom is 0.0465 e. The summed E-state index contributed by atoms with van der Waals surface area (Å²) in [5.74, 6) is 1.82. The van der Waals surface area contributed by atoms with Gasteiger partial charge in [0.15, 0.2) is 0 Å². The molecule has 0 heterocycles. The van der Waals surface area contributed by atoms with Crippen molar-refractivity contribution in [3.63, 3.8) is 0 Å². The first-order valence-electron chi connectivity index (χ1n) is 5.97. The summed E-state index contributed by atoms with van der Waals surface area (Å²) in [6.45, 7) is 2.63. The number of aliphatic hydroxyl groups is 1. The second kappa shape index (κ2) is 4.80. The smallest absolute Gasteiger partial charge is 0.0465 e. The number of hydrogen-bond donors (Lipinski definition) is 1. The van der Waals surface area contributed by atoms with Gasteiger partial charge in [-0.3, -0.25) is 0 Å². The molecule has 2 rings (SSSR count). The number of aliphatic hydroxyl groups excluding tert-OH is 1. The Morgan fingerprint density at radius 3 is 2.60 bits per heavy atom. The quantitative estimate of drug-likeness (QED) is 0.784. The average molecular weight is 204 g/mol. The largest absolute Gasteiger partial charge is 0.396 e. The topological polar surface area (TPSA) is 20.2 Å². The van der Waals surface area contributed by atoms with E-state index >= 15 is 0 Å². The van der Waals surface area contributed by atoms with Gasteiger partial charge in [0.25, 0.3) is 0 Å². The number of hydrogen-bond acceptors (Lipinski definition) is 1. The van der Waals surface area contributed by atoms with E-state index in [0.29, 0.717) is 18.4 Å². The van der Waals surface area contributed by atoms with Gasteiger partial charge in [-0.2, -0.15) is 0 Å². The molecule has 1 aliphatic carbocycles. The molecular formula is C14H20O. The lowest BCUT2D eigenvalue weighted by molar-refractivity contribution is 0.145. The lowest BCUT2D eigenvalue weighted by Crippen LogP contribution is -2.24. The van der Waals surface area contributed by atoms with Crippen molar-refractivity contribution >= 4 is 0 Å². The van der Waals surface area contributed by atoms with E-state index in [-0.39, 0.29) is 0 Å². The van der Waals surface area contributed by atoms with Crippen molar-refractivity contribution in [1.29, 1.82) is 0 Å². The monoisotopic (exact) mass is 204 g/mol. The van der Waals surface area contributed by atoms with Crippen LogP contribution in [0.3, 0.4) is 0 Å². The van der Waals surface area contributed by atoms with Gasteiger partial charge < -0.3 is 5.11 Å². The molecule has 0 aliphatic heterocycles. The van der Waals surface area contributed by atoms with Crippen molar-refractivity contribution < 1.29 is 5.11 Å². The number of rotatable bonds is 2. The van der Waals surface area contributed by atoms with Crippen LogP contribution >= 0.6 is 0 Å². The highest BCUT2D eigenvalue weighted by Crippen LogP contribution is 2.39. The van der Waals surface area contributed by atoms with E-state index in [1.165, 1.54) is 24.8 Å². The van der Waals surface area contributed by atoms with Crippen LogP contribution in [-0.4, -0.2) is 11.7 Å². The molecule has 0 amide bonds. The summed E-state index contributed by atoms with van der Waals surface area (Å²) in [4.78, 5) is 0. The standard InChI is InChI=1S/C14H20O/c1-11-7-8-14(13(9-11)10-15)12-5-3-2-4-6-12/h2-6,11,13-15H,7-10H2,1H3. The molecule has 3 unspecified atom stereocenters. The average Bonchev–Trinajstić information content (AvgIpc) is 2.30. The number of benzene rings is 1. The molecule has 1 fully saturated rings. The van der Waals surface area contributed by atoms with Gasteiger partial charge in [-0.25, -0.2) is 0 Å². The van der Waals surface area contributed by atoms with Crippen molar-refractivity contribution in [2.45, 2.75) is 32.1 Å². The Morgan fingerprint density at radius 2 is 1.93 bits per heavy atom. The fraction of sp³-hybridized carbons (Fsp3) is 0.571. The molecule has 0 radical (unpaired) electrons. The highest BCUT2D eigenvalue weighted by atomic mass is 16.3. The molecule has 1 aliphatic rings. The Bertz CT molecular complexity index is 293. The van der Waals surface area contributed by atoms with E-state index in [1.54, 1.807) is 0 Å². The van der Waals surface area contributed by atoms with Gasteiger partial charge in [0.2, 0.25) is 0 Å². The highest BCUT2D eigenvalue weighted by molar-refractivity contribution is 5.21. The van der Waals surface area contributed by atoms with Gasteiger partial charge in [0, 0.05) is 6.61 Å². The molecule has 0 bridgehead atoms. The first kappa shape index (κ1) is 10.7. The second-order valence-corrected chi connectivity index (χ2v) is 4.88. The van der Waals surface area contributed by atoms with Crippen LogP contribution in [-0.2, 0) is 0 Å². The maximum atomic E-state index is 9.44. The van der Waals surface area contributed by atoms with Crippen molar-refractivity contribution in [2.24, 2.45) is 11.8 Å². The van der Waals surface area contributed by atoms with Crippen LogP contribution < -0.4 is 0 Å². The predicted octanol–water partition coefficient (Wildman–Crippen LogP) is 3.20. The van der Waals surface area contributed by atoms with Crippen molar-refractivity contribution in [1.82, 2.24) is 0 Å². The van der Waals surface area contributed by atoms with Crippen LogP contribution in [0.25, 0.3) is 0 Å². The minimum atomic E-state index is 0.337. The molecule has 1 heteroatoms. The summed E-state index contributed by atoms with van der Waals surface area (Å²) in [5, 5.41) is 9.44. The van der Waals surface area contributed by atoms with E-state index < -0.39 is 0 Å². The van der Waals surface area contributed by atoms with Gasteiger partial charge in [0.05, 0.1) is 0 Å². The van der Waals surface area contributed by atoms with Gasteiger partial charge in [0.1, 0.15) is 0 Å². The van der Waals surface area contributed by atoms with E-state index in [1.807, 2.05) is 0 Å². The van der Waals surface area contributed by atoms with Crippen LogP contribution in [0.5, 0.6) is 0 Å². The van der Waals surface area contributed by atoms with Crippen LogP contribution in [0.15, 0.2) is 30.3 Å². The third-order valence-corrected chi connectivity index (χ3v) is 3.71. The zero-order valence-corrected chi connectivity index (χ0v) is 9.39. The SMILES string of the molecule is CC1CCC(c2ccccc2)C(CO)C1. The Labute approximate surface area is 92.1 Å². The molecule has 1 aromatic carbocycles. The summed E-state index contributed by atoms with van der Waals surface area (Å²) in [6, 6.07) is 10.7. The maximum absolute atomic E-state index is 9.44. The molecule has 15 heavy (non-hydrogen) atoms.